The Morgan fingerprint density at radius 1 is 1.10 bits per heavy atom. The third-order valence-electron chi connectivity index (χ3n) is 2.62. The zero-order chi connectivity index (χ0) is 14.8. The Bertz CT molecular complexity index is 597. The van der Waals surface area contributed by atoms with Crippen molar-refractivity contribution in [3.05, 3.63) is 36.2 Å². The first-order valence-electron chi connectivity index (χ1n) is 5.72. The van der Waals surface area contributed by atoms with Crippen LogP contribution in [0.4, 0.5) is 19.0 Å². The van der Waals surface area contributed by atoms with Gasteiger partial charge < -0.3 is 10.1 Å². The Labute approximate surface area is 113 Å². The van der Waals surface area contributed by atoms with Crippen molar-refractivity contribution < 1.29 is 17.9 Å². The topological polar surface area (TPSA) is 47.0 Å². The van der Waals surface area contributed by atoms with Crippen LogP contribution in [-0.4, -0.2) is 24.1 Å². The van der Waals surface area contributed by atoms with Crippen LogP contribution in [0.25, 0.3) is 11.3 Å². The van der Waals surface area contributed by atoms with E-state index in [1.54, 1.807) is 24.3 Å². The van der Waals surface area contributed by atoms with Gasteiger partial charge in [0.05, 0.1) is 12.8 Å². The number of nitrogens with one attached hydrogen (secondary N) is 1. The Balaban J connectivity index is 2.49. The maximum Gasteiger partial charge on any atom is 0.451 e. The molecule has 1 aromatic carbocycles. The first-order valence-corrected chi connectivity index (χ1v) is 5.72. The molecular formula is C13H12F3N3O. The molecule has 4 nitrogen and oxygen atoms in total. The van der Waals surface area contributed by atoms with Crippen molar-refractivity contribution in [2.75, 3.05) is 19.5 Å². The summed E-state index contributed by atoms with van der Waals surface area (Å²) in [7, 11) is 3.01. The first kappa shape index (κ1) is 14.1. The molecule has 106 valence electrons. The van der Waals surface area contributed by atoms with Crippen LogP contribution >= 0.6 is 0 Å². The van der Waals surface area contributed by atoms with Crippen molar-refractivity contribution in [1.29, 1.82) is 0 Å². The first-order chi connectivity index (χ1) is 9.44. The second-order valence-electron chi connectivity index (χ2n) is 3.94. The number of methoxy groups -OCH3 is 1. The molecule has 0 bridgehead atoms. The standard InChI is InChI=1S/C13H12F3N3O/c1-17-11-7-10(18-12(19-11)13(14,15)16)8-3-5-9(20-2)6-4-8/h3-7H,1-2H3,(H,17,18,19). The second-order valence-corrected chi connectivity index (χ2v) is 3.94. The van der Waals surface area contributed by atoms with E-state index in [0.29, 0.717) is 11.3 Å². The Hall–Kier alpha value is -2.31. The molecule has 1 heterocycles. The van der Waals surface area contributed by atoms with Gasteiger partial charge in [0.15, 0.2) is 0 Å². The van der Waals surface area contributed by atoms with E-state index in [2.05, 4.69) is 15.3 Å². The Morgan fingerprint density at radius 3 is 2.25 bits per heavy atom. The minimum Gasteiger partial charge on any atom is -0.497 e. The number of hydrogen-bond donors (Lipinski definition) is 1. The summed E-state index contributed by atoms with van der Waals surface area (Å²) in [5, 5.41) is 2.60. The fourth-order valence-electron chi connectivity index (χ4n) is 1.61. The SMILES string of the molecule is CNc1cc(-c2ccc(OC)cc2)nc(C(F)(F)F)n1. The zero-order valence-electron chi connectivity index (χ0n) is 10.8. The molecule has 0 aliphatic rings. The molecule has 0 spiro atoms. The average Bonchev–Trinajstić information content (AvgIpc) is 2.46. The lowest BCUT2D eigenvalue weighted by Crippen LogP contribution is -2.13. The van der Waals surface area contributed by atoms with Crippen LogP contribution in [0.2, 0.25) is 0 Å². The van der Waals surface area contributed by atoms with Crippen LogP contribution in [0.15, 0.2) is 30.3 Å². The number of anilines is 1. The third-order valence-corrected chi connectivity index (χ3v) is 2.62. The highest BCUT2D eigenvalue weighted by atomic mass is 19.4. The van der Waals surface area contributed by atoms with E-state index < -0.39 is 12.0 Å². The van der Waals surface area contributed by atoms with Gasteiger partial charge in [-0.1, -0.05) is 0 Å². The van der Waals surface area contributed by atoms with Crippen molar-refractivity contribution in [2.24, 2.45) is 0 Å². The number of nitrogens with zero attached hydrogens (tertiary/aromatic N) is 2. The maximum absolute atomic E-state index is 12.7. The molecule has 0 amide bonds. The van der Waals surface area contributed by atoms with E-state index in [1.807, 2.05) is 0 Å². The molecule has 2 aromatic rings. The van der Waals surface area contributed by atoms with Crippen molar-refractivity contribution in [3.8, 4) is 17.0 Å². The second kappa shape index (κ2) is 5.36. The molecule has 20 heavy (non-hydrogen) atoms. The molecular weight excluding hydrogens is 271 g/mol. The fraction of sp³-hybridized carbons (Fsp3) is 0.231. The average molecular weight is 283 g/mol. The number of alkyl halides is 3. The van der Waals surface area contributed by atoms with Gasteiger partial charge in [0.1, 0.15) is 11.6 Å². The van der Waals surface area contributed by atoms with Crippen LogP contribution in [0, 0.1) is 0 Å². The minimum atomic E-state index is -4.59. The van der Waals surface area contributed by atoms with E-state index in [4.69, 9.17) is 4.74 Å². The van der Waals surface area contributed by atoms with E-state index in [9.17, 15) is 13.2 Å². The highest BCUT2D eigenvalue weighted by Crippen LogP contribution is 2.30. The lowest BCUT2D eigenvalue weighted by Gasteiger charge is -2.10. The van der Waals surface area contributed by atoms with E-state index in [0.717, 1.165) is 0 Å². The lowest BCUT2D eigenvalue weighted by molar-refractivity contribution is -0.144. The smallest absolute Gasteiger partial charge is 0.451 e. The minimum absolute atomic E-state index is 0.109. The summed E-state index contributed by atoms with van der Waals surface area (Å²) in [6.07, 6.45) is -4.59. The van der Waals surface area contributed by atoms with Gasteiger partial charge in [-0.05, 0) is 24.3 Å². The summed E-state index contributed by atoms with van der Waals surface area (Å²) in [5.74, 6) is -0.444. The quantitative estimate of drug-likeness (QED) is 0.939. The number of benzene rings is 1. The summed E-state index contributed by atoms with van der Waals surface area (Å²) in [4.78, 5) is 6.97. The van der Waals surface area contributed by atoms with Gasteiger partial charge in [0.25, 0.3) is 0 Å². The van der Waals surface area contributed by atoms with Gasteiger partial charge >= 0.3 is 6.18 Å². The summed E-state index contributed by atoms with van der Waals surface area (Å²) in [5.41, 5.74) is 0.745. The predicted molar refractivity (Wildman–Crippen MR) is 68.6 cm³/mol. The Kier molecular flexibility index (Phi) is 3.78. The number of halogens is 3. The molecule has 0 saturated heterocycles. The molecule has 0 aliphatic carbocycles. The van der Waals surface area contributed by atoms with E-state index >= 15 is 0 Å². The van der Waals surface area contributed by atoms with Crippen molar-refractivity contribution in [2.45, 2.75) is 6.18 Å². The van der Waals surface area contributed by atoms with Gasteiger partial charge in [0, 0.05) is 18.7 Å². The van der Waals surface area contributed by atoms with Gasteiger partial charge in [0.2, 0.25) is 5.82 Å². The molecule has 0 radical (unpaired) electrons. The molecule has 7 heteroatoms. The van der Waals surface area contributed by atoms with Crippen molar-refractivity contribution >= 4 is 5.82 Å². The summed E-state index contributed by atoms with van der Waals surface area (Å²) >= 11 is 0. The molecule has 0 saturated carbocycles. The predicted octanol–water partition coefficient (Wildman–Crippen LogP) is 3.21. The summed E-state index contributed by atoms with van der Waals surface area (Å²) in [6.45, 7) is 0. The maximum atomic E-state index is 12.7. The fourth-order valence-corrected chi connectivity index (χ4v) is 1.61. The van der Waals surface area contributed by atoms with Crippen LogP contribution < -0.4 is 10.1 Å². The van der Waals surface area contributed by atoms with Crippen LogP contribution in [0.1, 0.15) is 5.82 Å². The molecule has 1 N–H and O–H groups in total. The number of ether oxygens (including phenoxy) is 1. The van der Waals surface area contributed by atoms with Crippen molar-refractivity contribution in [3.63, 3.8) is 0 Å². The normalized spacial score (nSPS) is 11.2. The monoisotopic (exact) mass is 283 g/mol. The highest BCUT2D eigenvalue weighted by Gasteiger charge is 2.35. The molecule has 1 aromatic heterocycles. The summed E-state index contributed by atoms with van der Waals surface area (Å²) < 4.78 is 43.2. The largest absolute Gasteiger partial charge is 0.497 e. The van der Waals surface area contributed by atoms with Crippen LogP contribution in [0.3, 0.4) is 0 Å². The zero-order valence-corrected chi connectivity index (χ0v) is 10.8. The van der Waals surface area contributed by atoms with Gasteiger partial charge in [-0.2, -0.15) is 13.2 Å². The molecule has 0 unspecified atom stereocenters. The van der Waals surface area contributed by atoms with E-state index in [-0.39, 0.29) is 11.5 Å². The van der Waals surface area contributed by atoms with Crippen LogP contribution in [0.5, 0.6) is 5.75 Å². The molecule has 0 fully saturated rings. The highest BCUT2D eigenvalue weighted by molar-refractivity contribution is 5.63. The van der Waals surface area contributed by atoms with Gasteiger partial charge in [-0.15, -0.1) is 0 Å². The van der Waals surface area contributed by atoms with Crippen molar-refractivity contribution in [1.82, 2.24) is 9.97 Å². The molecule has 0 aliphatic heterocycles. The van der Waals surface area contributed by atoms with Gasteiger partial charge in [-0.25, -0.2) is 9.97 Å². The van der Waals surface area contributed by atoms with Gasteiger partial charge in [-0.3, -0.25) is 0 Å². The van der Waals surface area contributed by atoms with E-state index in [1.165, 1.54) is 20.2 Å². The number of aromatic nitrogens is 2. The third kappa shape index (κ3) is 2.98. The van der Waals surface area contributed by atoms with Crippen LogP contribution in [-0.2, 0) is 6.18 Å². The summed E-state index contributed by atoms with van der Waals surface area (Å²) in [6, 6.07) is 8.05. The Morgan fingerprint density at radius 2 is 1.75 bits per heavy atom. The lowest BCUT2D eigenvalue weighted by atomic mass is 10.1. The number of rotatable bonds is 3. The molecule has 0 atom stereocenters. The molecule has 2 rings (SSSR count). The number of hydrogen-bond acceptors (Lipinski definition) is 4.